The Morgan fingerprint density at radius 3 is 2.00 bits per heavy atom. The number of rotatable bonds is 11. The van der Waals surface area contributed by atoms with Crippen molar-refractivity contribution in [1.29, 1.82) is 0 Å². The van der Waals surface area contributed by atoms with Crippen LogP contribution in [-0.4, -0.2) is 54.1 Å². The normalized spacial score (nSPS) is 20.5. The van der Waals surface area contributed by atoms with Crippen molar-refractivity contribution in [3.8, 4) is 11.5 Å². The summed E-state index contributed by atoms with van der Waals surface area (Å²) < 4.78 is 32.7. The maximum absolute atomic E-state index is 13.3. The van der Waals surface area contributed by atoms with Crippen LogP contribution in [0.25, 0.3) is 0 Å². The molecule has 0 spiro atoms. The number of carbonyl (C=O) groups is 1. The largest absolute Gasteiger partial charge is 0.497 e. The molecule has 7 rings (SSSR count). The van der Waals surface area contributed by atoms with Crippen LogP contribution in [0, 0.1) is 0 Å². The van der Waals surface area contributed by atoms with E-state index in [1.54, 1.807) is 50.7 Å². The number of hydrogen-bond donors (Lipinski definition) is 1. The van der Waals surface area contributed by atoms with Gasteiger partial charge in [-0.15, -0.1) is 0 Å². The lowest BCUT2D eigenvalue weighted by Gasteiger charge is -2.43. The van der Waals surface area contributed by atoms with Gasteiger partial charge in [-0.25, -0.2) is 4.79 Å². The molecule has 1 N–H and O–H groups in total. The van der Waals surface area contributed by atoms with Crippen LogP contribution in [0.3, 0.4) is 0 Å². The van der Waals surface area contributed by atoms with Gasteiger partial charge in [-0.3, -0.25) is 9.36 Å². The van der Waals surface area contributed by atoms with E-state index < -0.39 is 35.3 Å². The topological polar surface area (TPSA) is 110 Å². The van der Waals surface area contributed by atoms with Gasteiger partial charge in [0.05, 0.1) is 26.9 Å². The zero-order chi connectivity index (χ0) is 34.0. The molecule has 10 heteroatoms. The van der Waals surface area contributed by atoms with E-state index in [-0.39, 0.29) is 11.7 Å². The molecule has 3 unspecified atom stereocenters. The van der Waals surface area contributed by atoms with E-state index in [1.807, 2.05) is 79.7 Å². The van der Waals surface area contributed by atoms with Gasteiger partial charge in [0.1, 0.15) is 34.6 Å². The third kappa shape index (κ3) is 5.99. The lowest BCUT2D eigenvalue weighted by molar-refractivity contribution is -0.225. The minimum absolute atomic E-state index is 0.150. The summed E-state index contributed by atoms with van der Waals surface area (Å²) in [4.78, 5) is 30.1. The molecule has 1 aromatic heterocycles. The maximum Gasteiger partial charge on any atom is 0.351 e. The number of carbonyl (C=O) groups excluding carboxylic acids is 1. The van der Waals surface area contributed by atoms with Crippen LogP contribution in [0.1, 0.15) is 46.6 Å². The number of nitrogens with one attached hydrogen (secondary N) is 1. The number of aromatic nitrogens is 2. The molecule has 2 aliphatic heterocycles. The van der Waals surface area contributed by atoms with Crippen molar-refractivity contribution < 1.29 is 28.5 Å². The predicted octanol–water partition coefficient (Wildman–Crippen LogP) is 5.97. The van der Waals surface area contributed by atoms with E-state index >= 15 is 0 Å². The summed E-state index contributed by atoms with van der Waals surface area (Å²) in [5, 5.41) is 2.69. The van der Waals surface area contributed by atoms with Crippen LogP contribution in [0.15, 0.2) is 126 Å². The van der Waals surface area contributed by atoms with E-state index in [2.05, 4.69) is 22.4 Å². The van der Waals surface area contributed by atoms with Crippen LogP contribution < -0.4 is 20.5 Å². The number of anilines is 1. The zero-order valence-corrected chi connectivity index (χ0v) is 27.4. The molecule has 2 saturated heterocycles. The van der Waals surface area contributed by atoms with Crippen molar-refractivity contribution in [2.75, 3.05) is 26.1 Å². The lowest BCUT2D eigenvalue weighted by atomic mass is 9.79. The Bertz CT molecular complexity index is 1920. The Morgan fingerprint density at radius 1 is 0.857 bits per heavy atom. The molecular weight excluding hydrogens is 622 g/mol. The van der Waals surface area contributed by atoms with Crippen molar-refractivity contribution in [3.05, 3.63) is 154 Å². The number of nitrogens with zero attached hydrogens (tertiary/aromatic N) is 2. The van der Waals surface area contributed by atoms with Gasteiger partial charge in [-0.05, 0) is 66.1 Å². The van der Waals surface area contributed by atoms with Crippen LogP contribution >= 0.6 is 0 Å². The molecule has 0 saturated carbocycles. The first-order valence-electron chi connectivity index (χ1n) is 16.1. The number of fused-ring (bicyclic) bond motifs is 2. The fraction of sp³-hybridized carbons (Fsp3) is 0.256. The predicted molar refractivity (Wildman–Crippen MR) is 183 cm³/mol. The van der Waals surface area contributed by atoms with E-state index in [1.165, 1.54) is 4.57 Å². The van der Waals surface area contributed by atoms with Gasteiger partial charge in [-0.1, -0.05) is 72.8 Å². The third-order valence-electron chi connectivity index (χ3n) is 9.41. The SMILES string of the molecule is COc1ccc(C(O[C@H](C)C23COC(C2)C(n2ccc(NC(=O)c4ccccc4)nc2=O)O3)(c2ccccc2)c2ccc(OC)cc2)cc1. The van der Waals surface area contributed by atoms with Gasteiger partial charge in [0.2, 0.25) is 0 Å². The van der Waals surface area contributed by atoms with E-state index in [0.29, 0.717) is 18.6 Å². The highest BCUT2D eigenvalue weighted by Gasteiger charge is 2.59. The van der Waals surface area contributed by atoms with Gasteiger partial charge in [0.15, 0.2) is 6.23 Å². The number of hydrogen-bond acceptors (Lipinski definition) is 8. The molecular formula is C39H37N3O7. The Labute approximate surface area is 284 Å². The van der Waals surface area contributed by atoms with Crippen molar-refractivity contribution >= 4 is 11.7 Å². The molecule has 4 aromatic carbocycles. The average Bonchev–Trinajstić information content (AvgIpc) is 3.76. The second kappa shape index (κ2) is 13.3. The molecule has 250 valence electrons. The summed E-state index contributed by atoms with van der Waals surface area (Å²) in [5.41, 5.74) is 0.680. The monoisotopic (exact) mass is 659 g/mol. The number of amides is 1. The van der Waals surface area contributed by atoms with E-state index in [0.717, 1.165) is 28.2 Å². The first kappa shape index (κ1) is 32.3. The van der Waals surface area contributed by atoms with E-state index in [9.17, 15) is 9.59 Å². The van der Waals surface area contributed by atoms with Gasteiger partial charge in [0.25, 0.3) is 5.91 Å². The summed E-state index contributed by atoms with van der Waals surface area (Å²) in [7, 11) is 3.28. The van der Waals surface area contributed by atoms with Crippen molar-refractivity contribution in [2.24, 2.45) is 0 Å². The van der Waals surface area contributed by atoms with Gasteiger partial charge in [-0.2, -0.15) is 4.98 Å². The second-order valence-electron chi connectivity index (χ2n) is 12.2. The van der Waals surface area contributed by atoms with Crippen LogP contribution in [-0.2, 0) is 19.8 Å². The van der Waals surface area contributed by atoms with Crippen LogP contribution in [0.2, 0.25) is 0 Å². The number of benzene rings is 4. The molecule has 4 atom stereocenters. The summed E-state index contributed by atoms with van der Waals surface area (Å²) in [6.07, 6.45) is 0.441. The summed E-state index contributed by atoms with van der Waals surface area (Å²) in [6.45, 7) is 2.28. The molecule has 2 fully saturated rings. The fourth-order valence-electron chi connectivity index (χ4n) is 6.76. The summed E-state index contributed by atoms with van der Waals surface area (Å²) >= 11 is 0. The summed E-state index contributed by atoms with van der Waals surface area (Å²) in [6, 6.07) is 36.1. The van der Waals surface area contributed by atoms with Crippen molar-refractivity contribution in [3.63, 3.8) is 0 Å². The Morgan fingerprint density at radius 2 is 1.43 bits per heavy atom. The Balaban J connectivity index is 1.21. The standard InChI is InChI=1S/C39H37N3O7/c1-26(38-24-33(47-25-38)36(49-38)42-23-22-34(41-37(42)44)40-35(43)27-10-6-4-7-11-27)48-39(28-12-8-5-9-13-28,29-14-18-31(45-2)19-15-29)30-16-20-32(46-3)21-17-30/h4-23,26,33,36H,24-25H2,1-3H3,(H,40,41,43,44)/t26-,33?,36?,38?/m1/s1. The van der Waals surface area contributed by atoms with Gasteiger partial charge < -0.3 is 29.0 Å². The van der Waals surface area contributed by atoms with Crippen molar-refractivity contribution in [2.45, 2.75) is 43.0 Å². The van der Waals surface area contributed by atoms with Crippen LogP contribution in [0.4, 0.5) is 5.82 Å². The Kier molecular flexibility index (Phi) is 8.77. The quantitative estimate of drug-likeness (QED) is 0.173. The molecule has 0 radical (unpaired) electrons. The molecule has 3 heterocycles. The third-order valence-corrected chi connectivity index (χ3v) is 9.41. The first-order chi connectivity index (χ1) is 23.8. The van der Waals surface area contributed by atoms with Gasteiger partial charge >= 0.3 is 5.69 Å². The first-order valence-corrected chi connectivity index (χ1v) is 16.1. The van der Waals surface area contributed by atoms with Gasteiger partial charge in [0, 0.05) is 18.2 Å². The second-order valence-corrected chi connectivity index (χ2v) is 12.2. The molecule has 5 aromatic rings. The number of ether oxygens (including phenoxy) is 5. The molecule has 0 aliphatic carbocycles. The van der Waals surface area contributed by atoms with Crippen molar-refractivity contribution in [1.82, 2.24) is 9.55 Å². The smallest absolute Gasteiger partial charge is 0.351 e. The minimum atomic E-state index is -1.06. The summed E-state index contributed by atoms with van der Waals surface area (Å²) in [5.74, 6) is 1.25. The molecule has 49 heavy (non-hydrogen) atoms. The molecule has 1 amide bonds. The fourth-order valence-corrected chi connectivity index (χ4v) is 6.76. The highest BCUT2D eigenvalue weighted by atomic mass is 16.6. The Hall–Kier alpha value is -5.29. The maximum atomic E-state index is 13.3. The highest BCUT2D eigenvalue weighted by molar-refractivity contribution is 6.03. The van der Waals surface area contributed by atoms with Crippen LogP contribution in [0.5, 0.6) is 11.5 Å². The highest BCUT2D eigenvalue weighted by Crippen LogP contribution is 2.50. The minimum Gasteiger partial charge on any atom is -0.497 e. The van der Waals surface area contributed by atoms with E-state index in [4.69, 9.17) is 23.7 Å². The molecule has 2 bridgehead atoms. The molecule has 2 aliphatic rings. The zero-order valence-electron chi connectivity index (χ0n) is 27.4. The number of methoxy groups -OCH3 is 2. The average molecular weight is 660 g/mol. The molecule has 10 nitrogen and oxygen atoms in total. The lowest BCUT2D eigenvalue weighted by Crippen LogP contribution is -2.50.